The quantitative estimate of drug-likeness (QED) is 0.329. The van der Waals surface area contributed by atoms with E-state index in [0.29, 0.717) is 30.9 Å². The van der Waals surface area contributed by atoms with Crippen LogP contribution in [0.3, 0.4) is 0 Å². The number of H-pyrrole nitrogens is 1. The minimum absolute atomic E-state index is 0.0953. The number of aryl methyl sites for hydroxylation is 2. The summed E-state index contributed by atoms with van der Waals surface area (Å²) in [6.45, 7) is 2.75. The maximum atomic E-state index is 13.1. The predicted molar refractivity (Wildman–Crippen MR) is 137 cm³/mol. The number of nitrogens with one attached hydrogen (secondary N) is 1. The first-order valence-corrected chi connectivity index (χ1v) is 13.2. The highest BCUT2D eigenvalue weighted by Crippen LogP contribution is 2.43. The van der Waals surface area contributed by atoms with Crippen LogP contribution in [-0.4, -0.2) is 29.2 Å². The van der Waals surface area contributed by atoms with E-state index in [1.807, 2.05) is 13.0 Å². The topological polar surface area (TPSA) is 112 Å². The van der Waals surface area contributed by atoms with Gasteiger partial charge >= 0.3 is 5.69 Å². The number of hydrogen-bond donors (Lipinski definition) is 1. The Bertz CT molecular complexity index is 1450. The van der Waals surface area contributed by atoms with Crippen molar-refractivity contribution in [2.45, 2.75) is 83.2 Å². The van der Waals surface area contributed by atoms with Gasteiger partial charge in [0, 0.05) is 19.5 Å². The normalized spacial score (nSPS) is 15.5. The Morgan fingerprint density at radius 2 is 1.78 bits per heavy atom. The lowest BCUT2D eigenvalue weighted by Crippen LogP contribution is -2.40. The molecule has 1 aliphatic carbocycles. The van der Waals surface area contributed by atoms with E-state index in [0.717, 1.165) is 44.3 Å². The maximum Gasteiger partial charge on any atom is 0.332 e. The molecule has 0 unspecified atom stereocenters. The highest BCUT2D eigenvalue weighted by molar-refractivity contribution is 6.28. The van der Waals surface area contributed by atoms with Crippen LogP contribution in [-0.2, 0) is 24.9 Å². The molecule has 0 aliphatic heterocycles. The van der Waals surface area contributed by atoms with Crippen molar-refractivity contribution in [1.82, 2.24) is 29.2 Å². The Kier molecular flexibility index (Phi) is 7.09. The summed E-state index contributed by atoms with van der Waals surface area (Å²) in [6, 6.07) is 10.4. The van der Waals surface area contributed by atoms with Gasteiger partial charge in [0.1, 0.15) is 0 Å². The van der Waals surface area contributed by atoms with Crippen LogP contribution in [0.25, 0.3) is 11.2 Å². The first-order chi connectivity index (χ1) is 17.5. The van der Waals surface area contributed by atoms with E-state index in [1.165, 1.54) is 21.1 Å². The first kappa shape index (κ1) is 24.5. The molecule has 0 atom stereocenters. The number of halogens is 1. The molecule has 1 N–H and O–H groups in total. The number of aromatic amines is 1. The van der Waals surface area contributed by atoms with Gasteiger partial charge in [-0.1, -0.05) is 68.1 Å². The van der Waals surface area contributed by atoms with Crippen LogP contribution in [0.2, 0.25) is 5.28 Å². The van der Waals surface area contributed by atoms with Crippen molar-refractivity contribution < 1.29 is 4.52 Å². The molecular weight excluding hydrogens is 480 g/mol. The number of aromatic nitrogens is 6. The van der Waals surface area contributed by atoms with Gasteiger partial charge in [0.15, 0.2) is 17.0 Å². The minimum Gasteiger partial charge on any atom is -0.339 e. The molecule has 4 aromatic rings. The van der Waals surface area contributed by atoms with E-state index >= 15 is 0 Å². The SMILES string of the molecule is CCCCn1c(=O)n(CCCc2nc(C3(c4ccccc4)CCCCC3)no2)c(=O)c2[nH]c(Cl)nc21. The average molecular weight is 511 g/mol. The van der Waals surface area contributed by atoms with Crippen LogP contribution in [0, 0.1) is 0 Å². The van der Waals surface area contributed by atoms with Gasteiger partial charge in [-0.15, -0.1) is 0 Å². The zero-order valence-corrected chi connectivity index (χ0v) is 21.3. The largest absolute Gasteiger partial charge is 0.339 e. The standard InChI is InChI=1S/C26H31ClN6O3/c1-2-3-16-32-21-20(29-24(27)30-21)22(34)33(25(32)35)17-10-13-19-28-23(31-36-19)26(14-8-5-9-15-26)18-11-6-4-7-12-18/h4,6-7,11-12H,2-3,5,8-10,13-17H2,1H3,(H,29,30). The van der Waals surface area contributed by atoms with Gasteiger partial charge < -0.3 is 9.51 Å². The first-order valence-electron chi connectivity index (χ1n) is 12.8. The van der Waals surface area contributed by atoms with Gasteiger partial charge in [-0.3, -0.25) is 13.9 Å². The smallest absolute Gasteiger partial charge is 0.332 e. The second-order valence-corrected chi connectivity index (χ2v) is 9.95. The van der Waals surface area contributed by atoms with Crippen LogP contribution in [0.1, 0.15) is 75.6 Å². The van der Waals surface area contributed by atoms with Crippen molar-refractivity contribution in [3.8, 4) is 0 Å². The Balaban J connectivity index is 1.37. The van der Waals surface area contributed by atoms with E-state index in [2.05, 4.69) is 39.4 Å². The highest BCUT2D eigenvalue weighted by atomic mass is 35.5. The summed E-state index contributed by atoms with van der Waals surface area (Å²) in [7, 11) is 0. The molecular formula is C26H31ClN6O3. The molecule has 1 aliphatic rings. The number of benzene rings is 1. The lowest BCUT2D eigenvalue weighted by atomic mass is 9.69. The summed E-state index contributed by atoms with van der Waals surface area (Å²) in [5.41, 5.74) is 0.760. The Hall–Kier alpha value is -3.20. The number of unbranched alkanes of at least 4 members (excludes halogenated alkanes) is 1. The fourth-order valence-electron chi connectivity index (χ4n) is 5.35. The van der Waals surface area contributed by atoms with Gasteiger partial charge in [-0.05, 0) is 42.8 Å². The minimum atomic E-state index is -0.418. The van der Waals surface area contributed by atoms with Crippen LogP contribution in [0.4, 0.5) is 0 Å². The lowest BCUT2D eigenvalue weighted by molar-refractivity contribution is 0.308. The van der Waals surface area contributed by atoms with E-state index in [-0.39, 0.29) is 28.4 Å². The number of hydrogen-bond acceptors (Lipinski definition) is 6. The monoisotopic (exact) mass is 510 g/mol. The molecule has 0 saturated heterocycles. The lowest BCUT2D eigenvalue weighted by Gasteiger charge is -2.34. The number of fused-ring (bicyclic) bond motifs is 1. The second-order valence-electron chi connectivity index (χ2n) is 9.59. The van der Waals surface area contributed by atoms with Crippen LogP contribution < -0.4 is 11.2 Å². The highest BCUT2D eigenvalue weighted by Gasteiger charge is 2.39. The maximum absolute atomic E-state index is 13.1. The van der Waals surface area contributed by atoms with Gasteiger partial charge in [0.2, 0.25) is 11.2 Å². The zero-order chi connectivity index (χ0) is 25.1. The summed E-state index contributed by atoms with van der Waals surface area (Å²) >= 11 is 6.01. The summed E-state index contributed by atoms with van der Waals surface area (Å²) in [5, 5.41) is 4.49. The van der Waals surface area contributed by atoms with Gasteiger partial charge in [-0.2, -0.15) is 9.97 Å². The van der Waals surface area contributed by atoms with Gasteiger partial charge in [0.05, 0.1) is 5.41 Å². The van der Waals surface area contributed by atoms with E-state index in [4.69, 9.17) is 21.1 Å². The zero-order valence-electron chi connectivity index (χ0n) is 20.5. The van der Waals surface area contributed by atoms with Crippen LogP contribution in [0.15, 0.2) is 44.4 Å². The fourth-order valence-corrected chi connectivity index (χ4v) is 5.52. The van der Waals surface area contributed by atoms with E-state index < -0.39 is 5.56 Å². The van der Waals surface area contributed by atoms with Crippen molar-refractivity contribution in [1.29, 1.82) is 0 Å². The van der Waals surface area contributed by atoms with Gasteiger partial charge in [0.25, 0.3) is 5.56 Å². The Morgan fingerprint density at radius 3 is 2.53 bits per heavy atom. The molecule has 3 aromatic heterocycles. The third kappa shape index (κ3) is 4.52. The van der Waals surface area contributed by atoms with E-state index in [1.54, 1.807) is 0 Å². The third-order valence-corrected chi connectivity index (χ3v) is 7.45. The molecule has 1 fully saturated rings. The van der Waals surface area contributed by atoms with E-state index in [9.17, 15) is 9.59 Å². The molecule has 1 aromatic carbocycles. The van der Waals surface area contributed by atoms with Crippen molar-refractivity contribution in [2.75, 3.05) is 0 Å². The fraction of sp³-hybridized carbons (Fsp3) is 0.500. The van der Waals surface area contributed by atoms with Crippen molar-refractivity contribution in [3.63, 3.8) is 0 Å². The molecule has 0 radical (unpaired) electrons. The van der Waals surface area contributed by atoms with Crippen LogP contribution >= 0.6 is 11.6 Å². The Morgan fingerprint density at radius 1 is 1.03 bits per heavy atom. The number of rotatable bonds is 9. The summed E-state index contributed by atoms with van der Waals surface area (Å²) in [5.74, 6) is 1.26. The van der Waals surface area contributed by atoms with Crippen molar-refractivity contribution >= 4 is 22.8 Å². The molecule has 5 rings (SSSR count). The molecule has 0 amide bonds. The Labute approximate surface area is 213 Å². The summed E-state index contributed by atoms with van der Waals surface area (Å²) < 4.78 is 8.42. The van der Waals surface area contributed by atoms with Crippen LogP contribution in [0.5, 0.6) is 0 Å². The van der Waals surface area contributed by atoms with Gasteiger partial charge in [-0.25, -0.2) is 4.79 Å². The summed E-state index contributed by atoms with van der Waals surface area (Å²) in [4.78, 5) is 37.9. The molecule has 0 spiro atoms. The molecule has 190 valence electrons. The molecule has 10 heteroatoms. The number of imidazole rings is 1. The summed E-state index contributed by atoms with van der Waals surface area (Å²) in [6.07, 6.45) is 8.16. The molecule has 36 heavy (non-hydrogen) atoms. The molecule has 3 heterocycles. The third-order valence-electron chi connectivity index (χ3n) is 7.27. The number of nitrogens with zero attached hydrogens (tertiary/aromatic N) is 5. The molecule has 1 saturated carbocycles. The predicted octanol–water partition coefficient (Wildman–Crippen LogP) is 4.61. The molecule has 0 bridgehead atoms. The molecule has 9 nitrogen and oxygen atoms in total. The van der Waals surface area contributed by atoms with Crippen molar-refractivity contribution in [2.24, 2.45) is 0 Å². The average Bonchev–Trinajstić information content (AvgIpc) is 3.54. The second kappa shape index (κ2) is 10.4. The van der Waals surface area contributed by atoms with Crippen molar-refractivity contribution in [3.05, 3.63) is 73.7 Å².